The lowest BCUT2D eigenvalue weighted by atomic mass is 10.1. The maximum absolute atomic E-state index is 12.8. The van der Waals surface area contributed by atoms with Gasteiger partial charge in [0.1, 0.15) is 0 Å². The number of hydrogen-bond acceptors (Lipinski definition) is 3. The molecule has 0 fully saturated rings. The quantitative estimate of drug-likeness (QED) is 0.804. The lowest BCUT2D eigenvalue weighted by molar-refractivity contribution is -0.145. The number of aliphatic hydroxyl groups is 1. The Bertz CT molecular complexity index is 379. The topological polar surface area (TPSA) is 46.5 Å². The highest BCUT2D eigenvalue weighted by atomic mass is 19.2. The van der Waals surface area contributed by atoms with E-state index in [1.165, 1.54) is 6.07 Å². The van der Waals surface area contributed by atoms with E-state index in [2.05, 4.69) is 4.74 Å². The summed E-state index contributed by atoms with van der Waals surface area (Å²) in [5, 5.41) is 9.54. The molecule has 0 aliphatic rings. The number of rotatable bonds is 4. The van der Waals surface area contributed by atoms with Crippen LogP contribution < -0.4 is 0 Å². The van der Waals surface area contributed by atoms with E-state index < -0.39 is 23.7 Å². The van der Waals surface area contributed by atoms with Crippen molar-refractivity contribution in [2.45, 2.75) is 19.4 Å². The Morgan fingerprint density at radius 3 is 2.69 bits per heavy atom. The third kappa shape index (κ3) is 3.27. The van der Waals surface area contributed by atoms with Crippen LogP contribution in [0.1, 0.15) is 25.0 Å². The van der Waals surface area contributed by atoms with Gasteiger partial charge in [0.2, 0.25) is 0 Å². The molecule has 0 spiro atoms. The van der Waals surface area contributed by atoms with Gasteiger partial charge < -0.3 is 9.84 Å². The van der Waals surface area contributed by atoms with Gasteiger partial charge in [0.25, 0.3) is 0 Å². The van der Waals surface area contributed by atoms with Crippen LogP contribution in [0.25, 0.3) is 0 Å². The van der Waals surface area contributed by atoms with Crippen molar-refractivity contribution in [1.29, 1.82) is 0 Å². The number of aliphatic hydroxyl groups excluding tert-OH is 1. The second-order valence-corrected chi connectivity index (χ2v) is 3.20. The summed E-state index contributed by atoms with van der Waals surface area (Å²) in [5.74, 6) is -2.63. The average Bonchev–Trinajstić information content (AvgIpc) is 2.22. The summed E-state index contributed by atoms with van der Waals surface area (Å²) < 4.78 is 30.0. The highest BCUT2D eigenvalue weighted by Gasteiger charge is 2.15. The minimum Gasteiger partial charge on any atom is -0.466 e. The molecule has 5 heteroatoms. The van der Waals surface area contributed by atoms with Crippen LogP contribution in [-0.4, -0.2) is 17.7 Å². The highest BCUT2D eigenvalue weighted by Crippen LogP contribution is 2.19. The minimum atomic E-state index is -1.19. The van der Waals surface area contributed by atoms with E-state index in [1.807, 2.05) is 0 Å². The molecule has 0 aromatic heterocycles. The van der Waals surface area contributed by atoms with Crippen molar-refractivity contribution in [3.63, 3.8) is 0 Å². The largest absolute Gasteiger partial charge is 0.466 e. The van der Waals surface area contributed by atoms with E-state index in [9.17, 15) is 18.7 Å². The molecule has 1 N–H and O–H groups in total. The molecule has 1 unspecified atom stereocenters. The van der Waals surface area contributed by atoms with Gasteiger partial charge in [-0.25, -0.2) is 8.78 Å². The van der Waals surface area contributed by atoms with Gasteiger partial charge in [-0.3, -0.25) is 4.79 Å². The number of carbonyl (C=O) groups excluding carboxylic acids is 1. The van der Waals surface area contributed by atoms with Crippen LogP contribution in [0, 0.1) is 11.6 Å². The lowest BCUT2D eigenvalue weighted by Crippen LogP contribution is -2.10. The molecular formula is C11H12F2O3. The summed E-state index contributed by atoms with van der Waals surface area (Å²) in [6.45, 7) is 1.85. The summed E-state index contributed by atoms with van der Waals surface area (Å²) in [6.07, 6.45) is -1.46. The first-order valence-corrected chi connectivity index (χ1v) is 4.83. The van der Waals surface area contributed by atoms with Gasteiger partial charge in [0, 0.05) is 0 Å². The number of esters is 1. The Kier molecular flexibility index (Phi) is 4.37. The van der Waals surface area contributed by atoms with Crippen molar-refractivity contribution in [3.8, 4) is 0 Å². The molecular weight excluding hydrogens is 218 g/mol. The third-order valence-electron chi connectivity index (χ3n) is 1.99. The van der Waals surface area contributed by atoms with Gasteiger partial charge in [-0.15, -0.1) is 0 Å². The molecule has 16 heavy (non-hydrogen) atoms. The molecule has 0 saturated carbocycles. The Hall–Kier alpha value is -1.49. The SMILES string of the molecule is CCOC(=O)CC(O)c1ccc(F)c(F)c1. The molecule has 88 valence electrons. The van der Waals surface area contributed by atoms with Crippen molar-refractivity contribution < 1.29 is 23.4 Å². The van der Waals surface area contributed by atoms with E-state index in [0.29, 0.717) is 0 Å². The Labute approximate surface area is 91.7 Å². The molecule has 0 heterocycles. The van der Waals surface area contributed by atoms with E-state index in [4.69, 9.17) is 0 Å². The van der Waals surface area contributed by atoms with Gasteiger partial charge in [-0.05, 0) is 24.6 Å². The van der Waals surface area contributed by atoms with Crippen LogP contribution in [0.2, 0.25) is 0 Å². The summed E-state index contributed by atoms with van der Waals surface area (Å²) in [4.78, 5) is 11.0. The fourth-order valence-electron chi connectivity index (χ4n) is 1.22. The number of benzene rings is 1. The lowest BCUT2D eigenvalue weighted by Gasteiger charge is -2.10. The predicted molar refractivity (Wildman–Crippen MR) is 52.6 cm³/mol. The minimum absolute atomic E-state index is 0.145. The number of hydrogen-bond donors (Lipinski definition) is 1. The zero-order chi connectivity index (χ0) is 12.1. The smallest absolute Gasteiger partial charge is 0.308 e. The molecule has 1 atom stereocenters. The van der Waals surface area contributed by atoms with Crippen molar-refractivity contribution in [2.75, 3.05) is 6.61 Å². The molecule has 0 bridgehead atoms. The van der Waals surface area contributed by atoms with E-state index >= 15 is 0 Å². The van der Waals surface area contributed by atoms with Gasteiger partial charge in [0.05, 0.1) is 19.1 Å². The summed E-state index contributed by atoms with van der Waals surface area (Å²) in [7, 11) is 0. The Morgan fingerprint density at radius 1 is 1.44 bits per heavy atom. The third-order valence-corrected chi connectivity index (χ3v) is 1.99. The standard InChI is InChI=1S/C11H12F2O3/c1-2-16-11(15)6-10(14)7-3-4-8(12)9(13)5-7/h3-5,10,14H,2,6H2,1H3. The number of carbonyl (C=O) groups is 1. The Balaban J connectivity index is 2.69. The second-order valence-electron chi connectivity index (χ2n) is 3.20. The van der Waals surface area contributed by atoms with Crippen LogP contribution in [-0.2, 0) is 9.53 Å². The van der Waals surface area contributed by atoms with Crippen molar-refractivity contribution >= 4 is 5.97 Å². The molecule has 1 rings (SSSR count). The summed E-state index contributed by atoms with van der Waals surface area (Å²) in [6, 6.07) is 2.99. The molecule has 0 radical (unpaired) electrons. The monoisotopic (exact) mass is 230 g/mol. The Morgan fingerprint density at radius 2 is 2.12 bits per heavy atom. The van der Waals surface area contributed by atoms with Crippen LogP contribution >= 0.6 is 0 Å². The van der Waals surface area contributed by atoms with Crippen LogP contribution in [0.15, 0.2) is 18.2 Å². The van der Waals surface area contributed by atoms with Gasteiger partial charge in [0.15, 0.2) is 11.6 Å². The molecule has 0 aliphatic carbocycles. The van der Waals surface area contributed by atoms with Crippen LogP contribution in [0.4, 0.5) is 8.78 Å². The normalized spacial score (nSPS) is 12.2. The first-order chi connectivity index (χ1) is 7.54. The van der Waals surface area contributed by atoms with Gasteiger partial charge in [-0.2, -0.15) is 0 Å². The highest BCUT2D eigenvalue weighted by molar-refractivity contribution is 5.70. The predicted octanol–water partition coefficient (Wildman–Crippen LogP) is 1.95. The maximum atomic E-state index is 12.8. The molecule has 0 saturated heterocycles. The first-order valence-electron chi connectivity index (χ1n) is 4.83. The fourth-order valence-corrected chi connectivity index (χ4v) is 1.22. The van der Waals surface area contributed by atoms with E-state index in [0.717, 1.165) is 12.1 Å². The first kappa shape index (κ1) is 12.6. The van der Waals surface area contributed by atoms with Gasteiger partial charge in [-0.1, -0.05) is 6.07 Å². The molecule has 0 aliphatic heterocycles. The fraction of sp³-hybridized carbons (Fsp3) is 0.364. The van der Waals surface area contributed by atoms with Crippen LogP contribution in [0.3, 0.4) is 0 Å². The van der Waals surface area contributed by atoms with E-state index in [1.54, 1.807) is 6.92 Å². The maximum Gasteiger partial charge on any atom is 0.308 e. The number of halogens is 2. The van der Waals surface area contributed by atoms with Gasteiger partial charge >= 0.3 is 5.97 Å². The van der Waals surface area contributed by atoms with Crippen molar-refractivity contribution in [3.05, 3.63) is 35.4 Å². The molecule has 3 nitrogen and oxygen atoms in total. The summed E-state index contributed by atoms with van der Waals surface area (Å²) in [5.41, 5.74) is 0.145. The van der Waals surface area contributed by atoms with E-state index in [-0.39, 0.29) is 18.6 Å². The molecule has 0 amide bonds. The van der Waals surface area contributed by atoms with Crippen molar-refractivity contribution in [1.82, 2.24) is 0 Å². The number of ether oxygens (including phenoxy) is 1. The zero-order valence-electron chi connectivity index (χ0n) is 8.74. The average molecular weight is 230 g/mol. The van der Waals surface area contributed by atoms with Crippen molar-refractivity contribution in [2.24, 2.45) is 0 Å². The molecule has 1 aromatic rings. The second kappa shape index (κ2) is 5.55. The zero-order valence-corrected chi connectivity index (χ0v) is 8.74. The summed E-state index contributed by atoms with van der Waals surface area (Å²) >= 11 is 0. The van der Waals surface area contributed by atoms with Crippen LogP contribution in [0.5, 0.6) is 0 Å². The molecule has 1 aromatic carbocycles.